The molecule has 0 radical (unpaired) electrons. The summed E-state index contributed by atoms with van der Waals surface area (Å²) in [7, 11) is 0. The van der Waals surface area contributed by atoms with Gasteiger partial charge in [-0.2, -0.15) is 0 Å². The summed E-state index contributed by atoms with van der Waals surface area (Å²) in [6.07, 6.45) is 4.72. The Labute approximate surface area is 129 Å². The standard InChI is InChI=1S/C15H22BrClN2/c1-2-19(14-7-5-13(18)6-8-14)10-11-3-4-12(16)9-15(11)17/h3-4,9,13-14H,2,5-8,10,18H2,1H3. The summed E-state index contributed by atoms with van der Waals surface area (Å²) in [5, 5.41) is 0.848. The van der Waals surface area contributed by atoms with E-state index in [1.807, 2.05) is 6.07 Å². The maximum Gasteiger partial charge on any atom is 0.0462 e. The van der Waals surface area contributed by atoms with Crippen molar-refractivity contribution in [2.75, 3.05) is 6.54 Å². The van der Waals surface area contributed by atoms with Gasteiger partial charge in [-0.1, -0.05) is 40.5 Å². The predicted molar refractivity (Wildman–Crippen MR) is 85.5 cm³/mol. The molecule has 1 saturated carbocycles. The first-order valence-corrected chi connectivity index (χ1v) is 8.20. The van der Waals surface area contributed by atoms with Crippen LogP contribution in [0, 0.1) is 0 Å². The number of benzene rings is 1. The highest BCUT2D eigenvalue weighted by Crippen LogP contribution is 2.27. The van der Waals surface area contributed by atoms with Crippen molar-refractivity contribution in [3.8, 4) is 0 Å². The highest BCUT2D eigenvalue weighted by molar-refractivity contribution is 9.10. The first-order chi connectivity index (χ1) is 9.10. The van der Waals surface area contributed by atoms with Gasteiger partial charge in [-0.05, 0) is 49.9 Å². The van der Waals surface area contributed by atoms with Gasteiger partial charge in [0.1, 0.15) is 0 Å². The maximum atomic E-state index is 6.32. The van der Waals surface area contributed by atoms with E-state index >= 15 is 0 Å². The lowest BCUT2D eigenvalue weighted by atomic mass is 9.90. The molecule has 4 heteroatoms. The largest absolute Gasteiger partial charge is 0.328 e. The van der Waals surface area contributed by atoms with Crippen LogP contribution >= 0.6 is 27.5 Å². The van der Waals surface area contributed by atoms with Crippen LogP contribution in [0.25, 0.3) is 0 Å². The van der Waals surface area contributed by atoms with Gasteiger partial charge in [-0.3, -0.25) is 4.90 Å². The molecular weight excluding hydrogens is 324 g/mol. The first-order valence-electron chi connectivity index (χ1n) is 7.03. The summed E-state index contributed by atoms with van der Waals surface area (Å²) in [6, 6.07) is 7.22. The van der Waals surface area contributed by atoms with Gasteiger partial charge in [-0.25, -0.2) is 0 Å². The molecule has 1 aliphatic carbocycles. The Balaban J connectivity index is 2.02. The van der Waals surface area contributed by atoms with Crippen molar-refractivity contribution in [1.82, 2.24) is 4.90 Å². The number of nitrogens with two attached hydrogens (primary N) is 1. The van der Waals surface area contributed by atoms with E-state index in [0.29, 0.717) is 12.1 Å². The van der Waals surface area contributed by atoms with Gasteiger partial charge >= 0.3 is 0 Å². The lowest BCUT2D eigenvalue weighted by Gasteiger charge is -2.35. The molecule has 1 fully saturated rings. The quantitative estimate of drug-likeness (QED) is 0.886. The average Bonchev–Trinajstić information content (AvgIpc) is 2.39. The average molecular weight is 346 g/mol. The van der Waals surface area contributed by atoms with E-state index < -0.39 is 0 Å². The third-order valence-corrected chi connectivity index (χ3v) is 4.90. The van der Waals surface area contributed by atoms with Crippen LogP contribution in [0.2, 0.25) is 5.02 Å². The molecule has 106 valence electrons. The molecule has 1 aliphatic rings. The zero-order valence-electron chi connectivity index (χ0n) is 11.4. The van der Waals surface area contributed by atoms with Crippen LogP contribution in [0.15, 0.2) is 22.7 Å². The van der Waals surface area contributed by atoms with Crippen molar-refractivity contribution in [3.05, 3.63) is 33.3 Å². The number of hydrogen-bond donors (Lipinski definition) is 1. The van der Waals surface area contributed by atoms with Crippen LogP contribution in [0.3, 0.4) is 0 Å². The molecule has 0 saturated heterocycles. The normalized spacial score (nSPS) is 23.8. The van der Waals surface area contributed by atoms with Crippen molar-refractivity contribution in [3.63, 3.8) is 0 Å². The van der Waals surface area contributed by atoms with E-state index in [9.17, 15) is 0 Å². The summed E-state index contributed by atoms with van der Waals surface area (Å²) in [5.41, 5.74) is 7.20. The summed E-state index contributed by atoms with van der Waals surface area (Å²) in [5.74, 6) is 0. The minimum atomic E-state index is 0.409. The Hall–Kier alpha value is -0.0900. The highest BCUT2D eigenvalue weighted by atomic mass is 79.9. The van der Waals surface area contributed by atoms with Crippen molar-refractivity contribution in [2.45, 2.75) is 51.2 Å². The number of rotatable bonds is 4. The third-order valence-electron chi connectivity index (χ3n) is 4.05. The first kappa shape index (κ1) is 15.3. The summed E-state index contributed by atoms with van der Waals surface area (Å²) >= 11 is 9.77. The third kappa shape index (κ3) is 4.19. The molecule has 1 aromatic rings. The van der Waals surface area contributed by atoms with E-state index in [1.165, 1.54) is 18.4 Å². The predicted octanol–water partition coefficient (Wildman–Crippen LogP) is 4.19. The molecule has 0 aliphatic heterocycles. The molecule has 0 atom stereocenters. The van der Waals surface area contributed by atoms with E-state index in [1.54, 1.807) is 0 Å². The molecule has 2 rings (SSSR count). The highest BCUT2D eigenvalue weighted by Gasteiger charge is 2.23. The van der Waals surface area contributed by atoms with E-state index in [-0.39, 0.29) is 0 Å². The molecule has 0 unspecified atom stereocenters. The molecule has 2 N–H and O–H groups in total. The maximum absolute atomic E-state index is 6.32. The van der Waals surface area contributed by atoms with Crippen molar-refractivity contribution >= 4 is 27.5 Å². The fourth-order valence-electron chi connectivity index (χ4n) is 2.83. The Kier molecular flexibility index (Phi) is 5.70. The molecule has 0 bridgehead atoms. The topological polar surface area (TPSA) is 29.3 Å². The van der Waals surface area contributed by atoms with E-state index in [0.717, 1.165) is 35.4 Å². The number of nitrogens with zero attached hydrogens (tertiary/aromatic N) is 1. The second-order valence-corrected chi connectivity index (χ2v) is 6.69. The van der Waals surface area contributed by atoms with Gasteiger partial charge in [-0.15, -0.1) is 0 Å². The Morgan fingerprint density at radius 3 is 2.58 bits per heavy atom. The van der Waals surface area contributed by atoms with Gasteiger partial charge in [0.15, 0.2) is 0 Å². The Morgan fingerprint density at radius 1 is 1.32 bits per heavy atom. The Morgan fingerprint density at radius 2 is 2.00 bits per heavy atom. The van der Waals surface area contributed by atoms with Gasteiger partial charge in [0.2, 0.25) is 0 Å². The van der Waals surface area contributed by atoms with E-state index in [2.05, 4.69) is 39.9 Å². The SMILES string of the molecule is CCN(Cc1ccc(Br)cc1Cl)C1CCC(N)CC1. The van der Waals surface area contributed by atoms with Gasteiger partial charge in [0, 0.05) is 28.1 Å². The van der Waals surface area contributed by atoms with Crippen LogP contribution in [-0.2, 0) is 6.54 Å². The summed E-state index contributed by atoms with van der Waals surface area (Å²) < 4.78 is 1.04. The zero-order chi connectivity index (χ0) is 13.8. The number of hydrogen-bond acceptors (Lipinski definition) is 2. The lowest BCUT2D eigenvalue weighted by Crippen LogP contribution is -2.40. The van der Waals surface area contributed by atoms with E-state index in [4.69, 9.17) is 17.3 Å². The van der Waals surface area contributed by atoms with Crippen molar-refractivity contribution in [1.29, 1.82) is 0 Å². The molecule has 0 spiro atoms. The minimum absolute atomic E-state index is 0.409. The molecule has 0 heterocycles. The lowest BCUT2D eigenvalue weighted by molar-refractivity contribution is 0.149. The van der Waals surface area contributed by atoms with Gasteiger partial charge in [0.25, 0.3) is 0 Å². The van der Waals surface area contributed by atoms with Crippen LogP contribution in [0.4, 0.5) is 0 Å². The second-order valence-electron chi connectivity index (χ2n) is 5.37. The molecule has 1 aromatic carbocycles. The molecule has 0 amide bonds. The van der Waals surface area contributed by atoms with Crippen molar-refractivity contribution in [2.24, 2.45) is 5.73 Å². The van der Waals surface area contributed by atoms with Crippen LogP contribution in [0.5, 0.6) is 0 Å². The molecule has 0 aromatic heterocycles. The molecular formula is C15H22BrClN2. The fourth-order valence-corrected chi connectivity index (χ4v) is 3.57. The Bertz CT molecular complexity index is 417. The van der Waals surface area contributed by atoms with Crippen LogP contribution in [0.1, 0.15) is 38.2 Å². The zero-order valence-corrected chi connectivity index (χ0v) is 13.8. The minimum Gasteiger partial charge on any atom is -0.328 e. The van der Waals surface area contributed by atoms with Crippen molar-refractivity contribution < 1.29 is 0 Å². The van der Waals surface area contributed by atoms with Gasteiger partial charge < -0.3 is 5.73 Å². The van der Waals surface area contributed by atoms with Crippen LogP contribution < -0.4 is 5.73 Å². The summed E-state index contributed by atoms with van der Waals surface area (Å²) in [6.45, 7) is 4.22. The number of halogens is 2. The second kappa shape index (κ2) is 7.07. The molecule has 2 nitrogen and oxygen atoms in total. The summed E-state index contributed by atoms with van der Waals surface area (Å²) in [4.78, 5) is 2.53. The van der Waals surface area contributed by atoms with Gasteiger partial charge in [0.05, 0.1) is 0 Å². The van der Waals surface area contributed by atoms with Crippen LogP contribution in [-0.4, -0.2) is 23.5 Å². The monoisotopic (exact) mass is 344 g/mol. The fraction of sp³-hybridized carbons (Fsp3) is 0.600. The smallest absolute Gasteiger partial charge is 0.0462 e. The molecule has 19 heavy (non-hydrogen) atoms.